The lowest BCUT2D eigenvalue weighted by Gasteiger charge is -2.24. The maximum atomic E-state index is 13.9. The number of thiazole rings is 1. The van der Waals surface area contributed by atoms with Crippen LogP contribution in [-0.2, 0) is 16.1 Å². The monoisotopic (exact) mass is 794 g/mol. The Morgan fingerprint density at radius 2 is 1.80 bits per heavy atom. The molecule has 1 atom stereocenters. The number of aryl methyl sites for hydroxylation is 1. The number of carbonyl (C=O) groups is 1. The van der Waals surface area contributed by atoms with Gasteiger partial charge in [-0.2, -0.15) is 0 Å². The molecule has 6 nitrogen and oxygen atoms in total. The van der Waals surface area contributed by atoms with Crippen LogP contribution in [0.4, 0.5) is 4.39 Å². The van der Waals surface area contributed by atoms with Gasteiger partial charge in [-0.15, -0.1) is 0 Å². The molecule has 0 amide bonds. The number of hydrogen-bond donors (Lipinski definition) is 0. The highest BCUT2D eigenvalue weighted by molar-refractivity contribution is 14.1. The Labute approximate surface area is 267 Å². The summed E-state index contributed by atoms with van der Waals surface area (Å²) in [5.74, 6) is -0.0869. The van der Waals surface area contributed by atoms with E-state index < -0.39 is 12.0 Å². The molecular formula is C31H25FI2N2O4S. The van der Waals surface area contributed by atoms with Crippen molar-refractivity contribution in [3.63, 3.8) is 0 Å². The van der Waals surface area contributed by atoms with E-state index in [9.17, 15) is 14.0 Å². The van der Waals surface area contributed by atoms with E-state index in [0.29, 0.717) is 26.4 Å². The van der Waals surface area contributed by atoms with E-state index in [1.807, 2.05) is 55.5 Å². The zero-order chi connectivity index (χ0) is 29.3. The smallest absolute Gasteiger partial charge is 0.338 e. The van der Waals surface area contributed by atoms with Crippen molar-refractivity contribution in [2.45, 2.75) is 33.4 Å². The lowest BCUT2D eigenvalue weighted by Crippen LogP contribution is -2.39. The Bertz CT molecular complexity index is 1840. The third kappa shape index (κ3) is 6.33. The molecule has 0 bridgehead atoms. The van der Waals surface area contributed by atoms with E-state index in [-0.39, 0.29) is 24.6 Å². The zero-order valence-electron chi connectivity index (χ0n) is 22.4. The highest BCUT2D eigenvalue weighted by Gasteiger charge is 2.33. The van der Waals surface area contributed by atoms with Crippen molar-refractivity contribution >= 4 is 68.6 Å². The normalized spacial score (nSPS) is 15.0. The first-order valence-electron chi connectivity index (χ1n) is 12.8. The van der Waals surface area contributed by atoms with Crippen LogP contribution in [0.25, 0.3) is 6.08 Å². The largest absolute Gasteiger partial charge is 0.487 e. The predicted octanol–water partition coefficient (Wildman–Crippen LogP) is 6.03. The summed E-state index contributed by atoms with van der Waals surface area (Å²) in [5, 5.41) is 0. The fraction of sp³-hybridized carbons (Fsp3) is 0.194. The van der Waals surface area contributed by atoms with Gasteiger partial charge in [0.05, 0.1) is 35.6 Å². The number of allylic oxidation sites excluding steroid dienone is 1. The van der Waals surface area contributed by atoms with Gasteiger partial charge in [-0.05, 0) is 113 Å². The molecule has 0 saturated carbocycles. The number of benzene rings is 3. The molecule has 1 aliphatic heterocycles. The molecule has 210 valence electrons. The van der Waals surface area contributed by atoms with Crippen molar-refractivity contribution in [3.8, 4) is 5.75 Å². The molecule has 10 heteroatoms. The van der Waals surface area contributed by atoms with Crippen LogP contribution in [-0.4, -0.2) is 17.1 Å². The number of nitrogens with zero attached hydrogens (tertiary/aromatic N) is 2. The van der Waals surface area contributed by atoms with Gasteiger partial charge >= 0.3 is 5.97 Å². The fourth-order valence-electron chi connectivity index (χ4n) is 4.59. The minimum Gasteiger partial charge on any atom is -0.487 e. The summed E-state index contributed by atoms with van der Waals surface area (Å²) in [5.41, 5.74) is 4.11. The summed E-state index contributed by atoms with van der Waals surface area (Å²) in [6.45, 7) is 5.98. The predicted molar refractivity (Wildman–Crippen MR) is 174 cm³/mol. The topological polar surface area (TPSA) is 69.9 Å². The number of halogens is 3. The van der Waals surface area contributed by atoms with E-state index in [0.717, 1.165) is 29.4 Å². The zero-order valence-corrected chi connectivity index (χ0v) is 27.5. The average molecular weight is 794 g/mol. The number of fused-ring (bicyclic) bond motifs is 1. The molecule has 0 saturated heterocycles. The average Bonchev–Trinajstić information content (AvgIpc) is 3.22. The SMILES string of the molecule is CCOC(=O)C1=C(C)N=c2s/c(=C/c3cc(I)c(OCc4cccc(F)c4)c(I)c3)c(=O)n2[C@@H]1c1ccc(C)cc1. The minimum atomic E-state index is -0.646. The molecule has 41 heavy (non-hydrogen) atoms. The van der Waals surface area contributed by atoms with E-state index in [4.69, 9.17) is 9.47 Å². The molecule has 5 rings (SSSR count). The lowest BCUT2D eigenvalue weighted by atomic mass is 9.95. The first kappa shape index (κ1) is 29.6. The Morgan fingerprint density at radius 1 is 1.10 bits per heavy atom. The number of ether oxygens (including phenoxy) is 2. The highest BCUT2D eigenvalue weighted by atomic mass is 127. The molecule has 4 aromatic rings. The maximum Gasteiger partial charge on any atom is 0.338 e. The molecule has 2 heterocycles. The van der Waals surface area contributed by atoms with Crippen LogP contribution >= 0.6 is 56.5 Å². The van der Waals surface area contributed by atoms with Crippen molar-refractivity contribution in [1.82, 2.24) is 4.57 Å². The first-order valence-corrected chi connectivity index (χ1v) is 15.8. The van der Waals surface area contributed by atoms with Gasteiger partial charge in [-0.1, -0.05) is 53.3 Å². The van der Waals surface area contributed by atoms with Gasteiger partial charge in [0, 0.05) is 0 Å². The summed E-state index contributed by atoms with van der Waals surface area (Å²) in [6, 6.07) is 17.3. The minimum absolute atomic E-state index is 0.222. The van der Waals surface area contributed by atoms with Crippen LogP contribution in [0.5, 0.6) is 5.75 Å². The lowest BCUT2D eigenvalue weighted by molar-refractivity contribution is -0.139. The van der Waals surface area contributed by atoms with Crippen LogP contribution in [0, 0.1) is 19.9 Å². The second-order valence-electron chi connectivity index (χ2n) is 9.45. The van der Waals surface area contributed by atoms with Crippen molar-refractivity contribution in [1.29, 1.82) is 0 Å². The Kier molecular flexibility index (Phi) is 9.09. The number of rotatable bonds is 7. The van der Waals surface area contributed by atoms with E-state index in [1.165, 1.54) is 23.5 Å². The van der Waals surface area contributed by atoms with Gasteiger partial charge in [0.25, 0.3) is 5.56 Å². The van der Waals surface area contributed by atoms with Crippen LogP contribution in [0.1, 0.15) is 42.1 Å². The van der Waals surface area contributed by atoms with Crippen molar-refractivity contribution in [2.24, 2.45) is 4.99 Å². The number of hydrogen-bond acceptors (Lipinski definition) is 6. The Balaban J connectivity index is 1.55. The summed E-state index contributed by atoms with van der Waals surface area (Å²) in [6.07, 6.45) is 1.83. The summed E-state index contributed by atoms with van der Waals surface area (Å²) in [4.78, 5) is 32.1. The van der Waals surface area contributed by atoms with Gasteiger partial charge in [0.1, 0.15) is 18.2 Å². The van der Waals surface area contributed by atoms with Crippen LogP contribution in [0.15, 0.2) is 81.7 Å². The fourth-order valence-corrected chi connectivity index (χ4v) is 7.76. The standard InChI is InChI=1S/C31H25FI2N2O4S/c1-4-39-30(38)26-18(3)35-31-36(27(26)21-10-8-17(2)9-11-21)29(37)25(41-31)15-20-13-23(33)28(24(34)14-20)40-16-19-6-5-7-22(32)12-19/h5-15,27H,4,16H2,1-3H3/b25-15+/t27-/m1/s1. The van der Waals surface area contributed by atoms with E-state index in [1.54, 1.807) is 24.5 Å². The van der Waals surface area contributed by atoms with Gasteiger partial charge in [0.2, 0.25) is 0 Å². The second kappa shape index (κ2) is 12.6. The summed E-state index contributed by atoms with van der Waals surface area (Å²) >= 11 is 5.69. The third-order valence-electron chi connectivity index (χ3n) is 6.50. The molecule has 0 unspecified atom stereocenters. The van der Waals surface area contributed by atoms with Crippen molar-refractivity contribution in [2.75, 3.05) is 6.61 Å². The summed E-state index contributed by atoms with van der Waals surface area (Å²) < 4.78 is 28.8. The quantitative estimate of drug-likeness (QED) is 0.169. The molecule has 1 aliphatic rings. The third-order valence-corrected chi connectivity index (χ3v) is 9.09. The molecule has 0 fully saturated rings. The number of esters is 1. The molecular weight excluding hydrogens is 769 g/mol. The van der Waals surface area contributed by atoms with Gasteiger partial charge in [0.15, 0.2) is 4.80 Å². The number of carbonyl (C=O) groups excluding carboxylic acids is 1. The second-order valence-corrected chi connectivity index (χ2v) is 12.8. The van der Waals surface area contributed by atoms with E-state index in [2.05, 4.69) is 50.2 Å². The molecule has 3 aromatic carbocycles. The summed E-state index contributed by atoms with van der Waals surface area (Å²) in [7, 11) is 0. The van der Waals surface area contributed by atoms with Crippen molar-refractivity contribution in [3.05, 3.63) is 127 Å². The molecule has 1 aromatic heterocycles. The first-order chi connectivity index (χ1) is 19.7. The van der Waals surface area contributed by atoms with Gasteiger partial charge < -0.3 is 9.47 Å². The Morgan fingerprint density at radius 3 is 2.46 bits per heavy atom. The van der Waals surface area contributed by atoms with Crippen molar-refractivity contribution < 1.29 is 18.7 Å². The highest BCUT2D eigenvalue weighted by Crippen LogP contribution is 2.32. The Hall–Kier alpha value is -2.84. The molecule has 0 radical (unpaired) electrons. The molecule has 0 N–H and O–H groups in total. The molecule has 0 aliphatic carbocycles. The van der Waals surface area contributed by atoms with Gasteiger partial charge in [-0.25, -0.2) is 14.2 Å². The van der Waals surface area contributed by atoms with Gasteiger partial charge in [-0.3, -0.25) is 9.36 Å². The van der Waals surface area contributed by atoms with Crippen LogP contribution < -0.4 is 19.6 Å². The van der Waals surface area contributed by atoms with Crippen LogP contribution in [0.2, 0.25) is 0 Å². The molecule has 0 spiro atoms. The number of aromatic nitrogens is 1. The van der Waals surface area contributed by atoms with E-state index >= 15 is 0 Å². The van der Waals surface area contributed by atoms with Crippen LogP contribution in [0.3, 0.4) is 0 Å². The maximum absolute atomic E-state index is 13.9.